The van der Waals surface area contributed by atoms with Gasteiger partial charge in [0.25, 0.3) is 0 Å². The Morgan fingerprint density at radius 1 is 1.53 bits per heavy atom. The third kappa shape index (κ3) is 2.90. The molecular formula is C9H16N2O4. The maximum absolute atomic E-state index is 11.6. The van der Waals surface area contributed by atoms with Crippen molar-refractivity contribution in [2.24, 2.45) is 0 Å². The van der Waals surface area contributed by atoms with Crippen molar-refractivity contribution in [3.8, 4) is 0 Å². The molecule has 0 bridgehead atoms. The Morgan fingerprint density at radius 2 is 2.20 bits per heavy atom. The van der Waals surface area contributed by atoms with Crippen LogP contribution in [0.3, 0.4) is 0 Å². The van der Waals surface area contributed by atoms with Gasteiger partial charge in [-0.1, -0.05) is 6.92 Å². The number of amides is 1. The largest absolute Gasteiger partial charge is 0.480 e. The van der Waals surface area contributed by atoms with Crippen molar-refractivity contribution in [1.29, 1.82) is 0 Å². The van der Waals surface area contributed by atoms with Crippen molar-refractivity contribution in [1.82, 2.24) is 10.2 Å². The van der Waals surface area contributed by atoms with Gasteiger partial charge in [-0.2, -0.15) is 0 Å². The van der Waals surface area contributed by atoms with E-state index in [1.807, 2.05) is 6.92 Å². The molecule has 0 aromatic rings. The van der Waals surface area contributed by atoms with Crippen molar-refractivity contribution < 1.29 is 19.8 Å². The van der Waals surface area contributed by atoms with Gasteiger partial charge in [-0.15, -0.1) is 0 Å². The molecule has 6 nitrogen and oxygen atoms in total. The molecule has 6 heteroatoms. The molecule has 0 aliphatic carbocycles. The van der Waals surface area contributed by atoms with E-state index < -0.39 is 18.1 Å². The fraction of sp³-hybridized carbons (Fsp3) is 0.778. The molecule has 0 spiro atoms. The number of aliphatic carboxylic acids is 1. The van der Waals surface area contributed by atoms with E-state index in [-0.39, 0.29) is 25.4 Å². The molecule has 1 fully saturated rings. The van der Waals surface area contributed by atoms with Gasteiger partial charge in [-0.05, 0) is 6.54 Å². The number of carbonyl (C=O) groups excluding carboxylic acids is 1. The predicted octanol–water partition coefficient (Wildman–Crippen LogP) is -1.36. The van der Waals surface area contributed by atoms with Crippen LogP contribution in [-0.4, -0.2) is 58.8 Å². The van der Waals surface area contributed by atoms with E-state index in [0.29, 0.717) is 6.54 Å². The minimum atomic E-state index is -1.06. The summed E-state index contributed by atoms with van der Waals surface area (Å²) in [5.74, 6) is -1.34. The first kappa shape index (κ1) is 11.9. The fourth-order valence-corrected chi connectivity index (χ4v) is 1.66. The van der Waals surface area contributed by atoms with Gasteiger partial charge in [-0.3, -0.25) is 4.79 Å². The first-order chi connectivity index (χ1) is 7.06. The maximum atomic E-state index is 11.6. The third-order valence-electron chi connectivity index (χ3n) is 2.41. The Hall–Kier alpha value is -1.14. The Morgan fingerprint density at radius 3 is 2.73 bits per heavy atom. The highest BCUT2D eigenvalue weighted by molar-refractivity contribution is 5.85. The molecule has 1 amide bonds. The highest BCUT2D eigenvalue weighted by atomic mass is 16.4. The lowest BCUT2D eigenvalue weighted by Gasteiger charge is -2.21. The number of β-amino-alcohol motifs (C(OH)–C–C–N with tert-alkyl or cyclic N) is 1. The zero-order valence-corrected chi connectivity index (χ0v) is 8.64. The van der Waals surface area contributed by atoms with Gasteiger partial charge >= 0.3 is 5.97 Å². The number of carbonyl (C=O) groups is 2. The molecule has 1 heterocycles. The summed E-state index contributed by atoms with van der Waals surface area (Å²) in [6.45, 7) is 2.74. The van der Waals surface area contributed by atoms with Gasteiger partial charge in [0.2, 0.25) is 5.91 Å². The number of nitrogens with zero attached hydrogens (tertiary/aromatic N) is 1. The first-order valence-corrected chi connectivity index (χ1v) is 4.97. The van der Waals surface area contributed by atoms with Gasteiger partial charge in [0.05, 0.1) is 12.6 Å². The first-order valence-electron chi connectivity index (χ1n) is 4.97. The second kappa shape index (κ2) is 5.09. The number of nitrogens with one attached hydrogen (secondary N) is 1. The number of carboxylic acids is 1. The zero-order chi connectivity index (χ0) is 11.4. The van der Waals surface area contributed by atoms with Crippen molar-refractivity contribution in [3.05, 3.63) is 0 Å². The van der Waals surface area contributed by atoms with Crippen molar-refractivity contribution in [3.63, 3.8) is 0 Å². The molecule has 0 aromatic carbocycles. The number of carboxylic acid groups (broad SMARTS) is 1. The highest BCUT2D eigenvalue weighted by Gasteiger charge is 2.38. The molecule has 3 N–H and O–H groups in total. The SMILES string of the molecule is CCNCC(=O)N1C[C@@H](O)C[C@H]1C(=O)O. The normalized spacial score (nSPS) is 25.6. The van der Waals surface area contributed by atoms with Gasteiger partial charge in [0.1, 0.15) is 6.04 Å². The molecule has 2 atom stereocenters. The third-order valence-corrected chi connectivity index (χ3v) is 2.41. The second-order valence-electron chi connectivity index (χ2n) is 3.57. The lowest BCUT2D eigenvalue weighted by molar-refractivity contribution is -0.147. The molecule has 1 aliphatic heterocycles. The van der Waals surface area contributed by atoms with Crippen LogP contribution in [0.1, 0.15) is 13.3 Å². The number of rotatable bonds is 4. The average Bonchev–Trinajstić information content (AvgIpc) is 2.57. The van der Waals surface area contributed by atoms with Crippen molar-refractivity contribution in [2.75, 3.05) is 19.6 Å². The van der Waals surface area contributed by atoms with Crippen LogP contribution >= 0.6 is 0 Å². The summed E-state index contributed by atoms with van der Waals surface area (Å²) >= 11 is 0. The summed E-state index contributed by atoms with van der Waals surface area (Å²) in [4.78, 5) is 23.6. The summed E-state index contributed by atoms with van der Waals surface area (Å²) in [5.41, 5.74) is 0. The van der Waals surface area contributed by atoms with Crippen molar-refractivity contribution in [2.45, 2.75) is 25.5 Å². The van der Waals surface area contributed by atoms with E-state index in [9.17, 15) is 14.7 Å². The molecule has 15 heavy (non-hydrogen) atoms. The standard InChI is InChI=1S/C9H16N2O4/c1-2-10-4-8(13)11-5-6(12)3-7(11)9(14)15/h6-7,10,12H,2-5H2,1H3,(H,14,15)/t6-,7-/m0/s1. The van der Waals surface area contributed by atoms with Gasteiger partial charge < -0.3 is 20.4 Å². The number of likely N-dealkylation sites (N-methyl/N-ethyl adjacent to an activating group) is 1. The highest BCUT2D eigenvalue weighted by Crippen LogP contribution is 2.17. The number of aliphatic hydroxyl groups is 1. The van der Waals surface area contributed by atoms with E-state index in [1.54, 1.807) is 0 Å². The van der Waals surface area contributed by atoms with Gasteiger partial charge in [0, 0.05) is 13.0 Å². The molecule has 0 unspecified atom stereocenters. The summed E-state index contributed by atoms with van der Waals surface area (Å²) < 4.78 is 0. The minimum Gasteiger partial charge on any atom is -0.480 e. The van der Waals surface area contributed by atoms with E-state index in [0.717, 1.165) is 0 Å². The predicted molar refractivity (Wildman–Crippen MR) is 52.3 cm³/mol. The molecule has 86 valence electrons. The van der Waals surface area contributed by atoms with E-state index >= 15 is 0 Å². The van der Waals surface area contributed by atoms with E-state index in [2.05, 4.69) is 5.32 Å². The number of hydrogen-bond donors (Lipinski definition) is 3. The molecule has 1 aliphatic rings. The molecule has 0 saturated carbocycles. The minimum absolute atomic E-state index is 0.112. The smallest absolute Gasteiger partial charge is 0.326 e. The van der Waals surface area contributed by atoms with Crippen LogP contribution in [0.25, 0.3) is 0 Å². The number of likely N-dealkylation sites (tertiary alicyclic amines) is 1. The van der Waals surface area contributed by atoms with Crippen LogP contribution in [0.4, 0.5) is 0 Å². The van der Waals surface area contributed by atoms with Crippen LogP contribution in [0, 0.1) is 0 Å². The van der Waals surface area contributed by atoms with Crippen molar-refractivity contribution >= 4 is 11.9 Å². The molecule has 0 radical (unpaired) electrons. The maximum Gasteiger partial charge on any atom is 0.326 e. The lowest BCUT2D eigenvalue weighted by atomic mass is 10.2. The molecule has 1 rings (SSSR count). The quantitative estimate of drug-likeness (QED) is 0.540. The summed E-state index contributed by atoms with van der Waals surface area (Å²) in [5, 5.41) is 21.0. The van der Waals surface area contributed by atoms with Crippen LogP contribution in [0.2, 0.25) is 0 Å². The summed E-state index contributed by atoms with van der Waals surface area (Å²) in [6.07, 6.45) is -0.607. The Bertz CT molecular complexity index is 256. The van der Waals surface area contributed by atoms with Crippen LogP contribution in [0.5, 0.6) is 0 Å². The topological polar surface area (TPSA) is 89.9 Å². The molecule has 1 saturated heterocycles. The fourth-order valence-electron chi connectivity index (χ4n) is 1.66. The van der Waals surface area contributed by atoms with E-state index in [4.69, 9.17) is 5.11 Å². The van der Waals surface area contributed by atoms with Gasteiger partial charge in [-0.25, -0.2) is 4.79 Å². The van der Waals surface area contributed by atoms with Crippen LogP contribution < -0.4 is 5.32 Å². The zero-order valence-electron chi connectivity index (χ0n) is 8.64. The Kier molecular flexibility index (Phi) is 4.05. The summed E-state index contributed by atoms with van der Waals surface area (Å²) in [7, 11) is 0. The number of hydrogen-bond acceptors (Lipinski definition) is 4. The van der Waals surface area contributed by atoms with E-state index in [1.165, 1.54) is 4.90 Å². The average molecular weight is 216 g/mol. The van der Waals surface area contributed by atoms with Gasteiger partial charge in [0.15, 0.2) is 0 Å². The Balaban J connectivity index is 2.58. The summed E-state index contributed by atoms with van der Waals surface area (Å²) in [6, 6.07) is -0.883. The number of aliphatic hydroxyl groups excluding tert-OH is 1. The van der Waals surface area contributed by atoms with Crippen LogP contribution in [-0.2, 0) is 9.59 Å². The molecular weight excluding hydrogens is 200 g/mol. The Labute approximate surface area is 87.9 Å². The monoisotopic (exact) mass is 216 g/mol. The lowest BCUT2D eigenvalue weighted by Crippen LogP contribution is -2.44. The molecule has 0 aromatic heterocycles. The van der Waals surface area contributed by atoms with Crippen LogP contribution in [0.15, 0.2) is 0 Å². The second-order valence-corrected chi connectivity index (χ2v) is 3.57.